The minimum Gasteiger partial charge on any atom is -0.311 e. The summed E-state index contributed by atoms with van der Waals surface area (Å²) in [5.74, 6) is 0. The molecule has 0 bridgehead atoms. The summed E-state index contributed by atoms with van der Waals surface area (Å²) >= 11 is 1.88. The van der Waals surface area contributed by atoms with E-state index in [2.05, 4.69) is 217 Å². The molecule has 11 rings (SSSR count). The molecule has 1 aliphatic carbocycles. The number of fused-ring (bicyclic) bond motifs is 8. The van der Waals surface area contributed by atoms with Gasteiger partial charge in [-0.3, -0.25) is 0 Å². The lowest BCUT2D eigenvalue weighted by atomic mass is 9.94. The Hall–Kier alpha value is -6.94. The molecule has 0 N–H and O–H groups in total. The summed E-state index contributed by atoms with van der Waals surface area (Å²) in [6.45, 7) is 4.28. The first-order valence-electron chi connectivity index (χ1n) is 20.2. The molecule has 2 nitrogen and oxygen atoms in total. The summed E-state index contributed by atoms with van der Waals surface area (Å²) < 4.78 is 5.14. The molecule has 2 heterocycles. The van der Waals surface area contributed by atoms with Crippen LogP contribution in [-0.2, 0) is 0 Å². The van der Waals surface area contributed by atoms with Gasteiger partial charge >= 0.3 is 0 Å². The van der Waals surface area contributed by atoms with Crippen molar-refractivity contribution in [3.05, 3.63) is 200 Å². The molecule has 2 aromatic heterocycles. The standard InChI is InChI=1S/C55H40N2S/c1-3-14-41(15-4-2)56(42-17-7-5-8-18-42)44-28-24-36(25-29-44)40-32-39-16-13-22-47-53(39)49(34-40)54-48-33-37(27-31-50(48)57(55(47)54)43-19-9-6-10-20-43)38-26-30-46-45-21-11-12-23-51(45)58-52(46)35-38/h3,5-35H,4H2,1-2H3/b14-3-,41-15+. The Morgan fingerprint density at radius 1 is 0.569 bits per heavy atom. The fourth-order valence-electron chi connectivity index (χ4n) is 9.18. The Bertz CT molecular complexity index is 3250. The van der Waals surface area contributed by atoms with Gasteiger partial charge in [0.15, 0.2) is 0 Å². The number of rotatable bonds is 8. The van der Waals surface area contributed by atoms with Gasteiger partial charge in [-0.15, -0.1) is 11.3 Å². The van der Waals surface area contributed by atoms with Crippen molar-refractivity contribution in [1.82, 2.24) is 4.57 Å². The molecular weight excluding hydrogens is 721 g/mol. The molecule has 0 unspecified atom stereocenters. The second-order valence-corrected chi connectivity index (χ2v) is 16.2. The minimum atomic E-state index is 0.953. The summed E-state index contributed by atoms with van der Waals surface area (Å²) in [5, 5.41) is 6.52. The number of aromatic nitrogens is 1. The van der Waals surface area contributed by atoms with Gasteiger partial charge in [-0.1, -0.05) is 122 Å². The normalized spacial score (nSPS) is 12.4. The van der Waals surface area contributed by atoms with E-state index in [9.17, 15) is 0 Å². The van der Waals surface area contributed by atoms with Crippen LogP contribution in [0.1, 0.15) is 20.3 Å². The zero-order chi connectivity index (χ0) is 38.7. The van der Waals surface area contributed by atoms with E-state index in [1.54, 1.807) is 0 Å². The molecule has 0 saturated carbocycles. The molecular formula is C55H40N2S. The van der Waals surface area contributed by atoms with Crippen LogP contribution < -0.4 is 4.90 Å². The summed E-state index contributed by atoms with van der Waals surface area (Å²) in [4.78, 5) is 2.35. The maximum absolute atomic E-state index is 2.48. The van der Waals surface area contributed by atoms with Gasteiger partial charge in [0.05, 0.1) is 11.2 Å². The molecule has 0 saturated heterocycles. The van der Waals surface area contributed by atoms with Gasteiger partial charge < -0.3 is 9.47 Å². The van der Waals surface area contributed by atoms with Crippen molar-refractivity contribution in [2.24, 2.45) is 0 Å². The maximum Gasteiger partial charge on any atom is 0.0626 e. The number of nitrogens with zero attached hydrogens (tertiary/aromatic N) is 2. The Labute approximate surface area is 342 Å². The molecule has 3 heteroatoms. The Morgan fingerprint density at radius 2 is 1.28 bits per heavy atom. The average Bonchev–Trinajstić information content (AvgIpc) is 3.93. The topological polar surface area (TPSA) is 8.17 Å². The summed E-state index contributed by atoms with van der Waals surface area (Å²) in [5.41, 5.74) is 15.9. The van der Waals surface area contributed by atoms with E-state index < -0.39 is 0 Å². The van der Waals surface area contributed by atoms with Crippen LogP contribution in [0.5, 0.6) is 0 Å². The second-order valence-electron chi connectivity index (χ2n) is 15.1. The van der Waals surface area contributed by atoms with E-state index in [4.69, 9.17) is 0 Å². The lowest BCUT2D eigenvalue weighted by Crippen LogP contribution is -2.15. The molecule has 0 fully saturated rings. The molecule has 0 amide bonds. The van der Waals surface area contributed by atoms with E-state index in [-0.39, 0.29) is 0 Å². The van der Waals surface area contributed by atoms with Crippen molar-refractivity contribution >= 4 is 64.6 Å². The maximum atomic E-state index is 2.48. The Morgan fingerprint density at radius 3 is 2.09 bits per heavy atom. The van der Waals surface area contributed by atoms with E-state index in [0.717, 1.165) is 17.8 Å². The summed E-state index contributed by atoms with van der Waals surface area (Å²) in [6, 6.07) is 65.0. The fraction of sp³-hybridized carbons (Fsp3) is 0.0545. The number of thiophene rings is 1. The van der Waals surface area contributed by atoms with Gasteiger partial charge in [0.2, 0.25) is 0 Å². The van der Waals surface area contributed by atoms with Gasteiger partial charge in [-0.05, 0) is 131 Å². The van der Waals surface area contributed by atoms with Crippen LogP contribution in [0, 0.1) is 0 Å². The van der Waals surface area contributed by atoms with Crippen molar-refractivity contribution in [3.63, 3.8) is 0 Å². The third kappa shape index (κ3) is 5.46. The third-order valence-electron chi connectivity index (χ3n) is 11.7. The van der Waals surface area contributed by atoms with Crippen LogP contribution in [0.15, 0.2) is 200 Å². The zero-order valence-electron chi connectivity index (χ0n) is 32.5. The average molecular weight is 761 g/mol. The van der Waals surface area contributed by atoms with Crippen LogP contribution in [0.25, 0.3) is 92.2 Å². The predicted molar refractivity (Wildman–Crippen MR) is 251 cm³/mol. The molecule has 0 aliphatic heterocycles. The highest BCUT2D eigenvalue weighted by molar-refractivity contribution is 7.25. The number of para-hydroxylation sites is 2. The van der Waals surface area contributed by atoms with E-state index >= 15 is 0 Å². The highest BCUT2D eigenvalue weighted by Crippen LogP contribution is 2.54. The quantitative estimate of drug-likeness (QED) is 0.140. The molecule has 58 heavy (non-hydrogen) atoms. The van der Waals surface area contributed by atoms with Crippen LogP contribution in [0.3, 0.4) is 0 Å². The predicted octanol–water partition coefficient (Wildman–Crippen LogP) is 16.1. The summed E-state index contributed by atoms with van der Waals surface area (Å²) in [6.07, 6.45) is 7.56. The first-order chi connectivity index (χ1) is 28.7. The SMILES string of the molecule is C/C=C\C(=C/CC)N(c1ccccc1)c1ccc(-c2cc3c4c(cccc4c2)-c2c-3c3cc(-c4ccc5c(c4)sc4ccccc45)ccc3n2-c2ccccc2)cc1. The second kappa shape index (κ2) is 13.9. The Kier molecular flexibility index (Phi) is 8.23. The largest absolute Gasteiger partial charge is 0.311 e. The van der Waals surface area contributed by atoms with Crippen LogP contribution in [0.2, 0.25) is 0 Å². The van der Waals surface area contributed by atoms with Crippen molar-refractivity contribution in [3.8, 4) is 50.3 Å². The lowest BCUT2D eigenvalue weighted by molar-refractivity contribution is 1.13. The number of benzene rings is 8. The van der Waals surface area contributed by atoms with E-state index in [0.29, 0.717) is 0 Å². The van der Waals surface area contributed by atoms with Gasteiger partial charge in [0, 0.05) is 59.4 Å². The number of anilines is 2. The Balaban J connectivity index is 1.08. The minimum absolute atomic E-state index is 0.953. The van der Waals surface area contributed by atoms with Gasteiger partial charge in [0.1, 0.15) is 0 Å². The molecule has 0 radical (unpaired) electrons. The molecule has 10 aromatic rings. The third-order valence-corrected chi connectivity index (χ3v) is 12.8. The van der Waals surface area contributed by atoms with Crippen molar-refractivity contribution in [2.75, 3.05) is 4.90 Å². The van der Waals surface area contributed by atoms with Gasteiger partial charge in [-0.25, -0.2) is 0 Å². The number of hydrogen-bond acceptors (Lipinski definition) is 2. The highest BCUT2D eigenvalue weighted by atomic mass is 32.1. The van der Waals surface area contributed by atoms with Crippen molar-refractivity contribution < 1.29 is 0 Å². The van der Waals surface area contributed by atoms with Gasteiger partial charge in [0.25, 0.3) is 0 Å². The van der Waals surface area contributed by atoms with E-state index in [1.807, 2.05) is 11.3 Å². The van der Waals surface area contributed by atoms with Crippen LogP contribution in [0.4, 0.5) is 11.4 Å². The highest BCUT2D eigenvalue weighted by Gasteiger charge is 2.30. The first-order valence-corrected chi connectivity index (χ1v) is 21.0. The smallest absolute Gasteiger partial charge is 0.0626 e. The molecule has 0 atom stereocenters. The number of hydrogen-bond donors (Lipinski definition) is 0. The monoisotopic (exact) mass is 760 g/mol. The van der Waals surface area contributed by atoms with Gasteiger partial charge in [-0.2, -0.15) is 0 Å². The van der Waals surface area contributed by atoms with Crippen molar-refractivity contribution in [1.29, 1.82) is 0 Å². The fourth-order valence-corrected chi connectivity index (χ4v) is 10.3. The van der Waals surface area contributed by atoms with Crippen LogP contribution >= 0.6 is 11.3 Å². The van der Waals surface area contributed by atoms with Crippen molar-refractivity contribution in [2.45, 2.75) is 20.3 Å². The van der Waals surface area contributed by atoms with Crippen LogP contribution in [-0.4, -0.2) is 4.57 Å². The molecule has 1 aliphatic rings. The van der Waals surface area contributed by atoms with E-state index in [1.165, 1.54) is 97.9 Å². The molecule has 276 valence electrons. The summed E-state index contributed by atoms with van der Waals surface area (Å²) in [7, 11) is 0. The lowest BCUT2D eigenvalue weighted by Gasteiger charge is -2.26. The zero-order valence-corrected chi connectivity index (χ0v) is 33.3. The first kappa shape index (κ1) is 34.3. The number of allylic oxidation sites excluding steroid dienone is 3. The molecule has 0 spiro atoms. The molecule has 8 aromatic carbocycles.